The monoisotopic (exact) mass is 673 g/mol. The smallest absolute Gasteiger partial charge is 0.410 e. The number of alkyl carbamates (subject to hydrolysis) is 1. The van der Waals surface area contributed by atoms with Crippen molar-refractivity contribution < 1.29 is 23.9 Å². The van der Waals surface area contributed by atoms with Crippen molar-refractivity contribution >= 4 is 40.2 Å². The van der Waals surface area contributed by atoms with Crippen LogP contribution in [-0.4, -0.2) is 74.1 Å². The van der Waals surface area contributed by atoms with Crippen molar-refractivity contribution in [1.82, 2.24) is 35.1 Å². The number of carbonyl (C=O) groups excluding carboxylic acids is 3. The number of hydrogen-bond donors (Lipinski definition) is 3. The topological polar surface area (TPSA) is 146 Å². The molecule has 50 heavy (non-hydrogen) atoms. The molecule has 3 atom stereocenters. The SMILES string of the molecule is COC(=O)N[C@@H](C)C(=O)N1CCC[C@H]1c1nc2cc(C#Cc3ccc4[nH]c([C@@H]5CCCCN5C(=O)OCc5ccccc5)nc4c3)ccc2[nH]1. The molecule has 2 saturated heterocycles. The Morgan fingerprint density at radius 3 is 2.08 bits per heavy atom. The molecule has 0 saturated carbocycles. The molecule has 2 aromatic heterocycles. The van der Waals surface area contributed by atoms with E-state index in [1.807, 2.05) is 66.7 Å². The molecule has 256 valence electrons. The Balaban J connectivity index is 1.04. The number of piperidine rings is 1. The van der Waals surface area contributed by atoms with Crippen LogP contribution in [-0.2, 0) is 20.9 Å². The van der Waals surface area contributed by atoms with Crippen LogP contribution < -0.4 is 5.32 Å². The van der Waals surface area contributed by atoms with E-state index in [0.29, 0.717) is 18.9 Å². The first-order valence-electron chi connectivity index (χ1n) is 17.0. The lowest BCUT2D eigenvalue weighted by Gasteiger charge is -2.33. The number of hydrogen-bond acceptors (Lipinski definition) is 7. The van der Waals surface area contributed by atoms with E-state index in [2.05, 4.69) is 31.9 Å². The first kappa shape index (κ1) is 32.7. The third-order valence-electron chi connectivity index (χ3n) is 9.35. The van der Waals surface area contributed by atoms with E-state index in [-0.39, 0.29) is 30.7 Å². The minimum atomic E-state index is -0.711. The Morgan fingerprint density at radius 1 is 0.840 bits per heavy atom. The average molecular weight is 674 g/mol. The normalized spacial score (nSPS) is 18.0. The second-order valence-corrected chi connectivity index (χ2v) is 12.8. The lowest BCUT2D eigenvalue weighted by atomic mass is 10.0. The predicted molar refractivity (Wildman–Crippen MR) is 187 cm³/mol. The number of aromatic amines is 2. The number of nitrogens with one attached hydrogen (secondary N) is 3. The Hall–Kier alpha value is -5.83. The second kappa shape index (κ2) is 14.3. The molecule has 5 aromatic rings. The molecule has 2 aliphatic rings. The summed E-state index contributed by atoms with van der Waals surface area (Å²) in [4.78, 5) is 57.9. The molecule has 3 amide bonds. The maximum Gasteiger partial charge on any atom is 0.410 e. The van der Waals surface area contributed by atoms with Crippen LogP contribution >= 0.6 is 0 Å². The highest BCUT2D eigenvalue weighted by Gasteiger charge is 2.35. The summed E-state index contributed by atoms with van der Waals surface area (Å²) in [6, 6.07) is 20.3. The van der Waals surface area contributed by atoms with E-state index < -0.39 is 12.1 Å². The molecule has 0 spiro atoms. The number of imidazole rings is 2. The lowest BCUT2D eigenvalue weighted by molar-refractivity contribution is -0.134. The van der Waals surface area contributed by atoms with Gasteiger partial charge in [-0.1, -0.05) is 42.2 Å². The quantitative estimate of drug-likeness (QED) is 0.184. The molecule has 7 rings (SSSR count). The van der Waals surface area contributed by atoms with Gasteiger partial charge in [-0.15, -0.1) is 0 Å². The summed E-state index contributed by atoms with van der Waals surface area (Å²) in [5.74, 6) is 7.79. The van der Waals surface area contributed by atoms with Crippen LogP contribution in [0.4, 0.5) is 9.59 Å². The number of aromatic nitrogens is 4. The molecule has 2 aliphatic heterocycles. The highest BCUT2D eigenvalue weighted by atomic mass is 16.6. The molecule has 12 heteroatoms. The third-order valence-corrected chi connectivity index (χ3v) is 9.35. The van der Waals surface area contributed by atoms with Crippen LogP contribution in [0.2, 0.25) is 0 Å². The first-order chi connectivity index (χ1) is 24.4. The third kappa shape index (κ3) is 6.98. The second-order valence-electron chi connectivity index (χ2n) is 12.8. The van der Waals surface area contributed by atoms with Gasteiger partial charge in [0, 0.05) is 24.2 Å². The first-order valence-corrected chi connectivity index (χ1v) is 17.0. The Morgan fingerprint density at radius 2 is 1.44 bits per heavy atom. The molecule has 12 nitrogen and oxygen atoms in total. The molecule has 3 N–H and O–H groups in total. The number of nitrogens with zero attached hydrogens (tertiary/aromatic N) is 4. The minimum Gasteiger partial charge on any atom is -0.453 e. The number of fused-ring (bicyclic) bond motifs is 2. The molecule has 3 aromatic carbocycles. The number of likely N-dealkylation sites (tertiary alicyclic amines) is 2. The van der Waals surface area contributed by atoms with Gasteiger partial charge < -0.3 is 29.7 Å². The summed E-state index contributed by atoms with van der Waals surface area (Å²) in [5.41, 5.74) is 5.86. The van der Waals surface area contributed by atoms with E-state index in [1.165, 1.54) is 7.11 Å². The number of carbonyl (C=O) groups is 3. The van der Waals surface area contributed by atoms with Crippen molar-refractivity contribution in [2.45, 2.75) is 63.8 Å². The molecule has 0 aliphatic carbocycles. The van der Waals surface area contributed by atoms with Crippen molar-refractivity contribution in [3.63, 3.8) is 0 Å². The zero-order valence-electron chi connectivity index (χ0n) is 28.1. The van der Waals surface area contributed by atoms with Crippen molar-refractivity contribution in [3.05, 3.63) is 95.1 Å². The van der Waals surface area contributed by atoms with Crippen LogP contribution in [0.3, 0.4) is 0 Å². The van der Waals surface area contributed by atoms with E-state index in [1.54, 1.807) is 16.7 Å². The number of H-pyrrole nitrogens is 2. The number of amides is 3. The summed E-state index contributed by atoms with van der Waals surface area (Å²) in [6.45, 7) is 3.10. The maximum atomic E-state index is 13.1. The summed E-state index contributed by atoms with van der Waals surface area (Å²) >= 11 is 0. The van der Waals surface area contributed by atoms with E-state index in [9.17, 15) is 14.4 Å². The zero-order chi connectivity index (χ0) is 34.6. The fourth-order valence-electron chi connectivity index (χ4n) is 6.76. The fraction of sp³-hybridized carbons (Fsp3) is 0.342. The molecule has 0 radical (unpaired) electrons. The van der Waals surface area contributed by atoms with Gasteiger partial charge in [0.15, 0.2) is 0 Å². The highest BCUT2D eigenvalue weighted by molar-refractivity contribution is 5.86. The van der Waals surface area contributed by atoms with E-state index in [0.717, 1.165) is 76.7 Å². The summed E-state index contributed by atoms with van der Waals surface area (Å²) in [7, 11) is 1.27. The Bertz CT molecular complexity index is 2100. The maximum absolute atomic E-state index is 13.1. The molecule has 4 heterocycles. The van der Waals surface area contributed by atoms with Crippen LogP contribution in [0, 0.1) is 11.8 Å². The van der Waals surface area contributed by atoms with Crippen LogP contribution in [0.25, 0.3) is 22.1 Å². The van der Waals surface area contributed by atoms with Crippen molar-refractivity contribution in [3.8, 4) is 11.8 Å². The predicted octanol–water partition coefficient (Wildman–Crippen LogP) is 6.11. The molecule has 2 fully saturated rings. The molecule has 0 bridgehead atoms. The van der Waals surface area contributed by atoms with Gasteiger partial charge in [0.05, 0.1) is 41.3 Å². The summed E-state index contributed by atoms with van der Waals surface area (Å²) in [5, 5.41) is 2.56. The van der Waals surface area contributed by atoms with Gasteiger partial charge in [0.2, 0.25) is 5.91 Å². The van der Waals surface area contributed by atoms with Crippen molar-refractivity contribution in [2.75, 3.05) is 20.2 Å². The standard InChI is InChI=1S/C38H39N7O5/c1-24(39-37(47)49-2)36(46)44-20-8-12-32(44)34-40-28-17-15-25(21-30(28)42-34)13-14-26-16-18-29-31(22-26)43-35(41-29)33-11-6-7-19-45(33)38(48)50-23-27-9-4-3-5-10-27/h3-5,9-10,15-18,21-22,24,32-33H,6-8,11-12,19-20,23H2,1-2H3,(H,39,47)(H,40,42)(H,41,43)/t24-,32-,33-/m0/s1. The number of benzene rings is 3. The summed E-state index contributed by atoms with van der Waals surface area (Å²) in [6.07, 6.45) is 3.39. The van der Waals surface area contributed by atoms with Gasteiger partial charge in [0.1, 0.15) is 24.3 Å². The number of rotatable bonds is 6. The molecule has 0 unspecified atom stereocenters. The number of ether oxygens (including phenoxy) is 2. The average Bonchev–Trinajstić information content (AvgIpc) is 3.91. The van der Waals surface area contributed by atoms with Crippen LogP contribution in [0.1, 0.15) is 79.5 Å². The number of methoxy groups -OCH3 is 1. The van der Waals surface area contributed by atoms with Gasteiger partial charge >= 0.3 is 12.2 Å². The lowest BCUT2D eigenvalue weighted by Crippen LogP contribution is -2.46. The van der Waals surface area contributed by atoms with Gasteiger partial charge in [0.25, 0.3) is 0 Å². The molecular weight excluding hydrogens is 634 g/mol. The van der Waals surface area contributed by atoms with Crippen molar-refractivity contribution in [2.24, 2.45) is 0 Å². The van der Waals surface area contributed by atoms with Gasteiger partial charge in [-0.3, -0.25) is 9.69 Å². The summed E-state index contributed by atoms with van der Waals surface area (Å²) < 4.78 is 10.3. The van der Waals surface area contributed by atoms with Gasteiger partial charge in [-0.05, 0) is 81.0 Å². The van der Waals surface area contributed by atoms with Crippen LogP contribution in [0.15, 0.2) is 66.7 Å². The Kier molecular flexibility index (Phi) is 9.38. The molecular formula is C38H39N7O5. The largest absolute Gasteiger partial charge is 0.453 e. The fourth-order valence-corrected chi connectivity index (χ4v) is 6.76. The van der Waals surface area contributed by atoms with Gasteiger partial charge in [-0.2, -0.15) is 0 Å². The minimum absolute atomic E-state index is 0.177. The highest BCUT2D eigenvalue weighted by Crippen LogP contribution is 2.33. The van der Waals surface area contributed by atoms with Crippen LogP contribution in [0.5, 0.6) is 0 Å². The Labute approximate surface area is 289 Å². The zero-order valence-corrected chi connectivity index (χ0v) is 28.1. The van der Waals surface area contributed by atoms with Crippen molar-refractivity contribution in [1.29, 1.82) is 0 Å². The van der Waals surface area contributed by atoms with E-state index in [4.69, 9.17) is 14.7 Å². The van der Waals surface area contributed by atoms with Gasteiger partial charge in [-0.25, -0.2) is 19.6 Å². The van der Waals surface area contributed by atoms with E-state index >= 15 is 0 Å².